The summed E-state index contributed by atoms with van der Waals surface area (Å²) in [6.45, 7) is 2.83. The summed E-state index contributed by atoms with van der Waals surface area (Å²) >= 11 is 0. The molecule has 0 saturated carbocycles. The first-order valence-corrected chi connectivity index (χ1v) is 7.01. The number of nitrogens with two attached hydrogens (primary N) is 1. The van der Waals surface area contributed by atoms with E-state index < -0.39 is 0 Å². The number of carbonyl (C=O) groups excluding carboxylic acids is 1. The zero-order chi connectivity index (χ0) is 14.1. The molecule has 1 fully saturated rings. The molecule has 1 amide bonds. The lowest BCUT2D eigenvalue weighted by Crippen LogP contribution is -2.42. The molecule has 1 atom stereocenters. The van der Waals surface area contributed by atoms with E-state index in [1.165, 1.54) is 0 Å². The molecule has 0 spiro atoms. The van der Waals surface area contributed by atoms with Crippen LogP contribution in [0.5, 0.6) is 0 Å². The van der Waals surface area contributed by atoms with Crippen LogP contribution in [0.1, 0.15) is 36.7 Å². The molecule has 6 heteroatoms. The number of rotatable bonds is 2. The van der Waals surface area contributed by atoms with Crippen molar-refractivity contribution in [2.45, 2.75) is 32.2 Å². The molecule has 2 aromatic rings. The summed E-state index contributed by atoms with van der Waals surface area (Å²) in [5.41, 5.74) is 8.32. The van der Waals surface area contributed by atoms with Crippen LogP contribution < -0.4 is 5.73 Å². The third-order valence-electron chi connectivity index (χ3n) is 3.90. The van der Waals surface area contributed by atoms with Crippen LogP contribution in [0.25, 0.3) is 5.65 Å². The van der Waals surface area contributed by atoms with Gasteiger partial charge in [0.25, 0.3) is 0 Å². The molecule has 1 aliphatic heterocycles. The maximum atomic E-state index is 12.0. The summed E-state index contributed by atoms with van der Waals surface area (Å²) in [4.78, 5) is 18.5. The minimum absolute atomic E-state index is 0.00235. The van der Waals surface area contributed by atoms with Gasteiger partial charge in [0, 0.05) is 18.3 Å². The molecule has 3 rings (SSSR count). The normalized spacial score (nSPS) is 19.5. The van der Waals surface area contributed by atoms with E-state index in [2.05, 4.69) is 10.1 Å². The van der Waals surface area contributed by atoms with Crippen LogP contribution in [-0.2, 0) is 4.79 Å². The second kappa shape index (κ2) is 5.20. The van der Waals surface area contributed by atoms with Crippen LogP contribution in [0, 0.1) is 6.92 Å². The Morgan fingerprint density at radius 1 is 1.50 bits per heavy atom. The number of likely N-dealkylation sites (tertiary alicyclic amines) is 1. The number of hydrogen-bond donors (Lipinski definition) is 1. The fourth-order valence-electron chi connectivity index (χ4n) is 2.92. The van der Waals surface area contributed by atoms with Gasteiger partial charge < -0.3 is 10.6 Å². The van der Waals surface area contributed by atoms with Crippen molar-refractivity contribution in [1.29, 1.82) is 0 Å². The van der Waals surface area contributed by atoms with E-state index in [-0.39, 0.29) is 18.5 Å². The molecule has 0 unspecified atom stereocenters. The van der Waals surface area contributed by atoms with Gasteiger partial charge in [-0.1, -0.05) is 0 Å². The lowest BCUT2D eigenvalue weighted by atomic mass is 9.98. The van der Waals surface area contributed by atoms with Gasteiger partial charge in [0.05, 0.1) is 24.5 Å². The molecule has 106 valence electrons. The highest BCUT2D eigenvalue weighted by Crippen LogP contribution is 2.30. The average molecular weight is 273 g/mol. The summed E-state index contributed by atoms with van der Waals surface area (Å²) < 4.78 is 1.81. The van der Waals surface area contributed by atoms with Gasteiger partial charge >= 0.3 is 0 Å². The fraction of sp³-hybridized carbons (Fsp3) is 0.500. The van der Waals surface area contributed by atoms with Gasteiger partial charge in [-0.25, -0.2) is 9.50 Å². The second-order valence-corrected chi connectivity index (χ2v) is 5.23. The molecule has 1 saturated heterocycles. The quantitative estimate of drug-likeness (QED) is 0.887. The van der Waals surface area contributed by atoms with Gasteiger partial charge in [-0.2, -0.15) is 5.10 Å². The molecule has 0 radical (unpaired) electrons. The first-order valence-electron chi connectivity index (χ1n) is 7.01. The predicted molar refractivity (Wildman–Crippen MR) is 75.1 cm³/mol. The standard InChI is InChI=1S/C14H19N5O/c1-10-8-11(17-13-5-6-16-19(10)13)12-4-2-3-7-18(12)14(20)9-15/h5-6,8,12H,2-4,7,9,15H2,1H3/t12-/m1/s1. The van der Waals surface area contributed by atoms with Crippen molar-refractivity contribution in [1.82, 2.24) is 19.5 Å². The zero-order valence-corrected chi connectivity index (χ0v) is 11.6. The average Bonchev–Trinajstić information content (AvgIpc) is 2.95. The first kappa shape index (κ1) is 13.1. The van der Waals surface area contributed by atoms with Crippen LogP contribution in [0.3, 0.4) is 0 Å². The number of amides is 1. The summed E-state index contributed by atoms with van der Waals surface area (Å²) in [5, 5.41) is 4.23. The van der Waals surface area contributed by atoms with Crippen LogP contribution in [-0.4, -0.2) is 38.5 Å². The molecule has 1 aliphatic rings. The predicted octanol–water partition coefficient (Wildman–Crippen LogP) is 1.05. The highest BCUT2D eigenvalue weighted by atomic mass is 16.2. The van der Waals surface area contributed by atoms with Crippen LogP contribution >= 0.6 is 0 Å². The van der Waals surface area contributed by atoms with Gasteiger partial charge in [-0.05, 0) is 32.3 Å². The third kappa shape index (κ3) is 2.16. The number of piperidine rings is 1. The Morgan fingerprint density at radius 2 is 2.35 bits per heavy atom. The van der Waals surface area contributed by atoms with E-state index in [1.54, 1.807) is 10.7 Å². The largest absolute Gasteiger partial charge is 0.333 e. The van der Waals surface area contributed by atoms with Crippen molar-refractivity contribution in [2.75, 3.05) is 13.1 Å². The Morgan fingerprint density at radius 3 is 3.15 bits per heavy atom. The zero-order valence-electron chi connectivity index (χ0n) is 11.6. The molecular weight excluding hydrogens is 254 g/mol. The Balaban J connectivity index is 2.00. The van der Waals surface area contributed by atoms with Crippen LogP contribution in [0.4, 0.5) is 0 Å². The Kier molecular flexibility index (Phi) is 3.40. The van der Waals surface area contributed by atoms with E-state index in [4.69, 9.17) is 5.73 Å². The van der Waals surface area contributed by atoms with Crippen molar-refractivity contribution in [3.63, 3.8) is 0 Å². The van der Waals surface area contributed by atoms with Crippen molar-refractivity contribution in [3.05, 3.63) is 29.7 Å². The SMILES string of the molecule is Cc1cc([C@H]2CCCCN2C(=O)CN)nc2ccnn12. The summed E-state index contributed by atoms with van der Waals surface area (Å²) in [6.07, 6.45) is 4.84. The highest BCUT2D eigenvalue weighted by Gasteiger charge is 2.28. The van der Waals surface area contributed by atoms with Gasteiger partial charge in [-0.3, -0.25) is 4.79 Å². The summed E-state index contributed by atoms with van der Waals surface area (Å²) in [6, 6.07) is 3.94. The lowest BCUT2D eigenvalue weighted by Gasteiger charge is -2.35. The van der Waals surface area contributed by atoms with Crippen molar-refractivity contribution < 1.29 is 4.79 Å². The maximum absolute atomic E-state index is 12.0. The summed E-state index contributed by atoms with van der Waals surface area (Å²) in [7, 11) is 0. The van der Waals surface area contributed by atoms with E-state index in [9.17, 15) is 4.79 Å². The second-order valence-electron chi connectivity index (χ2n) is 5.23. The van der Waals surface area contributed by atoms with Gasteiger partial charge in [0.15, 0.2) is 5.65 Å². The van der Waals surface area contributed by atoms with E-state index >= 15 is 0 Å². The topological polar surface area (TPSA) is 76.5 Å². The smallest absolute Gasteiger partial charge is 0.236 e. The summed E-state index contributed by atoms with van der Waals surface area (Å²) in [5.74, 6) is 0.00235. The van der Waals surface area contributed by atoms with Crippen LogP contribution in [0.2, 0.25) is 0 Å². The molecule has 2 N–H and O–H groups in total. The minimum atomic E-state index is 0.00235. The van der Waals surface area contributed by atoms with Crippen molar-refractivity contribution >= 4 is 11.6 Å². The van der Waals surface area contributed by atoms with Crippen molar-refractivity contribution in [3.8, 4) is 0 Å². The van der Waals surface area contributed by atoms with E-state index in [1.807, 2.05) is 24.0 Å². The third-order valence-corrected chi connectivity index (χ3v) is 3.90. The van der Waals surface area contributed by atoms with Gasteiger partial charge in [0.1, 0.15) is 0 Å². The molecule has 6 nitrogen and oxygen atoms in total. The highest BCUT2D eigenvalue weighted by molar-refractivity contribution is 5.78. The van der Waals surface area contributed by atoms with Gasteiger partial charge in [-0.15, -0.1) is 0 Å². The molecule has 0 aliphatic carbocycles. The monoisotopic (exact) mass is 273 g/mol. The number of hydrogen-bond acceptors (Lipinski definition) is 4. The Labute approximate surface area is 117 Å². The minimum Gasteiger partial charge on any atom is -0.333 e. The molecule has 20 heavy (non-hydrogen) atoms. The van der Waals surface area contributed by atoms with E-state index in [0.717, 1.165) is 42.8 Å². The molecular formula is C14H19N5O. The number of nitrogens with zero attached hydrogens (tertiary/aromatic N) is 4. The molecule has 0 aromatic carbocycles. The number of carbonyl (C=O) groups is 1. The lowest BCUT2D eigenvalue weighted by molar-refractivity contribution is -0.133. The van der Waals surface area contributed by atoms with Crippen molar-refractivity contribution in [2.24, 2.45) is 5.73 Å². The van der Waals surface area contributed by atoms with Gasteiger partial charge in [0.2, 0.25) is 5.91 Å². The van der Waals surface area contributed by atoms with Crippen LogP contribution in [0.15, 0.2) is 18.3 Å². The molecule has 3 heterocycles. The molecule has 2 aromatic heterocycles. The Bertz CT molecular complexity index is 636. The Hall–Kier alpha value is -1.95. The van der Waals surface area contributed by atoms with E-state index in [0.29, 0.717) is 0 Å². The number of aryl methyl sites for hydroxylation is 1. The maximum Gasteiger partial charge on any atom is 0.236 e. The fourth-order valence-corrected chi connectivity index (χ4v) is 2.92. The number of aromatic nitrogens is 3. The molecule has 0 bridgehead atoms. The number of fused-ring (bicyclic) bond motifs is 1. The first-order chi connectivity index (χ1) is 9.70.